The van der Waals surface area contributed by atoms with Crippen LogP contribution < -0.4 is 10.1 Å². The number of thioether (sulfide) groups is 1. The normalized spacial score (nSPS) is 15.7. The van der Waals surface area contributed by atoms with Crippen molar-refractivity contribution >= 4 is 29.3 Å². The average molecular weight is 330 g/mol. The zero-order valence-corrected chi connectivity index (χ0v) is 13.6. The van der Waals surface area contributed by atoms with E-state index < -0.39 is 0 Å². The van der Waals surface area contributed by atoms with Gasteiger partial charge in [0.1, 0.15) is 5.75 Å². The summed E-state index contributed by atoms with van der Waals surface area (Å²) in [6.45, 7) is 2.34. The molecule has 6 heteroatoms. The summed E-state index contributed by atoms with van der Waals surface area (Å²) in [4.78, 5) is 12.1. The zero-order valence-electron chi connectivity index (χ0n) is 12.1. The van der Waals surface area contributed by atoms with Gasteiger partial charge in [0.2, 0.25) is 0 Å². The highest BCUT2D eigenvalue weighted by molar-refractivity contribution is 7.99. The fourth-order valence-corrected chi connectivity index (χ4v) is 3.44. The van der Waals surface area contributed by atoms with E-state index in [1.807, 2.05) is 11.8 Å². The molecular formula is C15H20ClNO3S. The fraction of sp³-hybridized carbons (Fsp3) is 0.533. The van der Waals surface area contributed by atoms with Crippen LogP contribution in [-0.4, -0.2) is 43.8 Å². The largest absolute Gasteiger partial charge is 0.496 e. The van der Waals surface area contributed by atoms with Crippen LogP contribution in [0.5, 0.6) is 5.75 Å². The first kappa shape index (κ1) is 16.5. The molecule has 0 spiro atoms. The summed E-state index contributed by atoms with van der Waals surface area (Å²) < 4.78 is 10.5. The van der Waals surface area contributed by atoms with E-state index in [0.29, 0.717) is 28.1 Å². The van der Waals surface area contributed by atoms with E-state index in [9.17, 15) is 4.79 Å². The molecule has 1 heterocycles. The number of hydrogen-bond acceptors (Lipinski definition) is 4. The highest BCUT2D eigenvalue weighted by atomic mass is 35.5. The molecule has 1 aromatic carbocycles. The average Bonchev–Trinajstić information content (AvgIpc) is 2.52. The van der Waals surface area contributed by atoms with Gasteiger partial charge in [0.15, 0.2) is 0 Å². The van der Waals surface area contributed by atoms with E-state index in [2.05, 4.69) is 5.32 Å². The van der Waals surface area contributed by atoms with Crippen LogP contribution in [0.15, 0.2) is 18.2 Å². The van der Waals surface area contributed by atoms with Crippen molar-refractivity contribution in [3.8, 4) is 5.75 Å². The van der Waals surface area contributed by atoms with Crippen LogP contribution >= 0.6 is 23.4 Å². The molecule has 1 amide bonds. The third kappa shape index (κ3) is 5.09. The summed E-state index contributed by atoms with van der Waals surface area (Å²) in [7, 11) is 1.54. The summed E-state index contributed by atoms with van der Waals surface area (Å²) in [5.41, 5.74) is 0.473. The van der Waals surface area contributed by atoms with Gasteiger partial charge in [0, 0.05) is 35.8 Å². The predicted octanol–water partition coefficient (Wildman–Crippen LogP) is 2.99. The lowest BCUT2D eigenvalue weighted by Gasteiger charge is -2.21. The SMILES string of the molecule is COc1ccc(Cl)cc1C(=O)NCCSC1CCOCC1. The second-order valence-electron chi connectivity index (χ2n) is 4.78. The van der Waals surface area contributed by atoms with Crippen LogP contribution in [0, 0.1) is 0 Å². The van der Waals surface area contributed by atoms with Crippen LogP contribution in [-0.2, 0) is 4.74 Å². The third-order valence-electron chi connectivity index (χ3n) is 3.32. The number of carbonyl (C=O) groups excluding carboxylic acids is 1. The molecule has 0 unspecified atom stereocenters. The second-order valence-corrected chi connectivity index (χ2v) is 6.63. The molecule has 0 aromatic heterocycles. The number of carbonyl (C=O) groups is 1. The van der Waals surface area contributed by atoms with Crippen molar-refractivity contribution in [1.29, 1.82) is 0 Å². The van der Waals surface area contributed by atoms with Crippen molar-refractivity contribution in [3.63, 3.8) is 0 Å². The van der Waals surface area contributed by atoms with Crippen molar-refractivity contribution < 1.29 is 14.3 Å². The first-order valence-electron chi connectivity index (χ1n) is 7.02. The maximum absolute atomic E-state index is 12.1. The smallest absolute Gasteiger partial charge is 0.255 e. The van der Waals surface area contributed by atoms with Crippen LogP contribution in [0.4, 0.5) is 0 Å². The van der Waals surface area contributed by atoms with Crippen LogP contribution in [0.25, 0.3) is 0 Å². The number of benzene rings is 1. The van der Waals surface area contributed by atoms with Gasteiger partial charge in [0.05, 0.1) is 12.7 Å². The molecule has 4 nitrogen and oxygen atoms in total. The summed E-state index contributed by atoms with van der Waals surface area (Å²) in [6, 6.07) is 5.04. The van der Waals surface area contributed by atoms with E-state index in [4.69, 9.17) is 21.1 Å². The number of amides is 1. The molecule has 1 fully saturated rings. The monoisotopic (exact) mass is 329 g/mol. The Labute approximate surface area is 134 Å². The summed E-state index contributed by atoms with van der Waals surface area (Å²) in [5, 5.41) is 4.09. The van der Waals surface area contributed by atoms with Gasteiger partial charge in [-0.2, -0.15) is 11.8 Å². The quantitative estimate of drug-likeness (QED) is 0.815. The summed E-state index contributed by atoms with van der Waals surface area (Å²) in [6.07, 6.45) is 2.20. The van der Waals surface area contributed by atoms with Gasteiger partial charge in [0.25, 0.3) is 5.91 Å². The number of nitrogens with one attached hydrogen (secondary N) is 1. The van der Waals surface area contributed by atoms with Crippen molar-refractivity contribution in [3.05, 3.63) is 28.8 Å². The molecular weight excluding hydrogens is 310 g/mol. The second kappa shape index (κ2) is 8.51. The highest BCUT2D eigenvalue weighted by Crippen LogP contribution is 2.23. The molecule has 0 bridgehead atoms. The van der Waals surface area contributed by atoms with Crippen molar-refractivity contribution in [2.45, 2.75) is 18.1 Å². The van der Waals surface area contributed by atoms with Gasteiger partial charge >= 0.3 is 0 Å². The minimum absolute atomic E-state index is 0.151. The number of ether oxygens (including phenoxy) is 2. The maximum Gasteiger partial charge on any atom is 0.255 e. The first-order chi connectivity index (χ1) is 10.2. The van der Waals surface area contributed by atoms with Crippen molar-refractivity contribution in [2.24, 2.45) is 0 Å². The minimum Gasteiger partial charge on any atom is -0.496 e. The molecule has 0 radical (unpaired) electrons. The Balaban J connectivity index is 1.77. The van der Waals surface area contributed by atoms with Crippen LogP contribution in [0.1, 0.15) is 23.2 Å². The Bertz CT molecular complexity index is 478. The molecule has 0 saturated carbocycles. The molecule has 21 heavy (non-hydrogen) atoms. The lowest BCUT2D eigenvalue weighted by Crippen LogP contribution is -2.27. The van der Waals surface area contributed by atoms with Gasteiger partial charge in [-0.15, -0.1) is 0 Å². The van der Waals surface area contributed by atoms with Crippen molar-refractivity contribution in [1.82, 2.24) is 5.32 Å². The number of methoxy groups -OCH3 is 1. The van der Waals surface area contributed by atoms with E-state index >= 15 is 0 Å². The molecule has 1 aromatic rings. The Morgan fingerprint density at radius 1 is 1.48 bits per heavy atom. The number of halogens is 1. The lowest BCUT2D eigenvalue weighted by molar-refractivity contribution is 0.0952. The van der Waals surface area contributed by atoms with E-state index in [-0.39, 0.29) is 5.91 Å². The molecule has 0 aliphatic carbocycles. The number of rotatable bonds is 6. The van der Waals surface area contributed by atoms with E-state index in [1.54, 1.807) is 25.3 Å². The molecule has 1 aliphatic rings. The van der Waals surface area contributed by atoms with E-state index in [0.717, 1.165) is 31.8 Å². The molecule has 2 rings (SSSR count). The minimum atomic E-state index is -0.151. The topological polar surface area (TPSA) is 47.6 Å². The Kier molecular flexibility index (Phi) is 6.67. The Morgan fingerprint density at radius 2 is 2.24 bits per heavy atom. The van der Waals surface area contributed by atoms with Gasteiger partial charge in [-0.1, -0.05) is 11.6 Å². The third-order valence-corrected chi connectivity index (χ3v) is 4.93. The van der Waals surface area contributed by atoms with Crippen LogP contribution in [0.3, 0.4) is 0 Å². The molecule has 0 atom stereocenters. The van der Waals surface area contributed by atoms with Gasteiger partial charge in [-0.05, 0) is 31.0 Å². The van der Waals surface area contributed by atoms with Gasteiger partial charge < -0.3 is 14.8 Å². The fourth-order valence-electron chi connectivity index (χ4n) is 2.19. The molecule has 1 saturated heterocycles. The summed E-state index contributed by atoms with van der Waals surface area (Å²) in [5.74, 6) is 1.29. The molecule has 1 N–H and O–H groups in total. The highest BCUT2D eigenvalue weighted by Gasteiger charge is 2.15. The maximum atomic E-state index is 12.1. The van der Waals surface area contributed by atoms with Gasteiger partial charge in [-0.25, -0.2) is 0 Å². The van der Waals surface area contributed by atoms with Crippen molar-refractivity contribution in [2.75, 3.05) is 32.6 Å². The summed E-state index contributed by atoms with van der Waals surface area (Å²) >= 11 is 7.82. The van der Waals surface area contributed by atoms with Gasteiger partial charge in [-0.3, -0.25) is 4.79 Å². The van der Waals surface area contributed by atoms with Crippen LogP contribution in [0.2, 0.25) is 5.02 Å². The standard InChI is InChI=1S/C15H20ClNO3S/c1-19-14-3-2-11(16)10-13(14)15(18)17-6-9-21-12-4-7-20-8-5-12/h2-3,10,12H,4-9H2,1H3,(H,17,18). The molecule has 1 aliphatic heterocycles. The zero-order chi connectivity index (χ0) is 15.1. The Hall–Kier alpha value is -0.910. The molecule has 116 valence electrons. The van der Waals surface area contributed by atoms with E-state index in [1.165, 1.54) is 0 Å². The Morgan fingerprint density at radius 3 is 2.95 bits per heavy atom. The first-order valence-corrected chi connectivity index (χ1v) is 8.44. The lowest BCUT2D eigenvalue weighted by atomic mass is 10.2. The number of hydrogen-bond donors (Lipinski definition) is 1. The predicted molar refractivity (Wildman–Crippen MR) is 86.6 cm³/mol.